The van der Waals surface area contributed by atoms with Crippen LogP contribution in [0.4, 0.5) is 0 Å². The largest absolute Gasteiger partial charge is 0.351 e. The zero-order valence-electron chi connectivity index (χ0n) is 18.7. The van der Waals surface area contributed by atoms with Crippen LogP contribution in [0.2, 0.25) is 5.02 Å². The number of nitrogens with one attached hydrogen (secondary N) is 1. The van der Waals surface area contributed by atoms with Gasteiger partial charge in [0.25, 0.3) is 5.89 Å². The first kappa shape index (κ1) is 22.5. The molecule has 0 saturated carbocycles. The minimum Gasteiger partial charge on any atom is -0.351 e. The molecule has 5 nitrogen and oxygen atoms in total. The Morgan fingerprint density at radius 3 is 2.66 bits per heavy atom. The van der Waals surface area contributed by atoms with Crippen LogP contribution >= 0.6 is 23.8 Å². The summed E-state index contributed by atoms with van der Waals surface area (Å²) in [4.78, 5) is 6.90. The van der Waals surface area contributed by atoms with Gasteiger partial charge in [0.1, 0.15) is 0 Å². The highest BCUT2D eigenvalue weighted by atomic mass is 35.5. The van der Waals surface area contributed by atoms with Crippen LogP contribution in [0, 0.1) is 12.8 Å². The van der Waals surface area contributed by atoms with Crippen molar-refractivity contribution in [3.8, 4) is 11.4 Å². The lowest BCUT2D eigenvalue weighted by Crippen LogP contribution is -2.46. The summed E-state index contributed by atoms with van der Waals surface area (Å²) < 4.78 is 5.80. The predicted molar refractivity (Wildman–Crippen MR) is 133 cm³/mol. The monoisotopic (exact) mass is 466 g/mol. The maximum Gasteiger partial charge on any atom is 0.258 e. The third-order valence-electron chi connectivity index (χ3n) is 5.64. The number of halogens is 1. The van der Waals surface area contributed by atoms with Crippen LogP contribution in [0.1, 0.15) is 50.3 Å². The number of hydrogen-bond acceptors (Lipinski definition) is 4. The molecule has 0 spiro atoms. The van der Waals surface area contributed by atoms with E-state index in [4.69, 9.17) is 33.3 Å². The van der Waals surface area contributed by atoms with Crippen molar-refractivity contribution in [1.29, 1.82) is 0 Å². The summed E-state index contributed by atoms with van der Waals surface area (Å²) in [6.07, 6.45) is 1.02. The average molecular weight is 467 g/mol. The van der Waals surface area contributed by atoms with E-state index < -0.39 is 0 Å². The zero-order chi connectivity index (χ0) is 22.8. The molecular weight excluding hydrogens is 440 g/mol. The summed E-state index contributed by atoms with van der Waals surface area (Å²) in [6, 6.07) is 15.6. The van der Waals surface area contributed by atoms with Crippen molar-refractivity contribution in [2.75, 3.05) is 6.54 Å². The summed E-state index contributed by atoms with van der Waals surface area (Å²) in [7, 11) is 0. The molecule has 0 saturated heterocycles. The molecule has 1 aliphatic heterocycles. The molecule has 32 heavy (non-hydrogen) atoms. The van der Waals surface area contributed by atoms with Gasteiger partial charge in [-0.1, -0.05) is 66.5 Å². The van der Waals surface area contributed by atoms with Gasteiger partial charge < -0.3 is 14.7 Å². The summed E-state index contributed by atoms with van der Waals surface area (Å²) >= 11 is 12.1. The van der Waals surface area contributed by atoms with E-state index >= 15 is 0 Å². The Hall–Kier alpha value is -2.70. The molecular formula is C25H27ClN4OS. The van der Waals surface area contributed by atoms with E-state index in [1.54, 1.807) is 0 Å². The number of hydrogen-bond donors (Lipinski definition) is 1. The van der Waals surface area contributed by atoms with Gasteiger partial charge in [-0.3, -0.25) is 0 Å². The van der Waals surface area contributed by atoms with Gasteiger partial charge in [-0.2, -0.15) is 4.98 Å². The van der Waals surface area contributed by atoms with Crippen molar-refractivity contribution >= 4 is 34.5 Å². The van der Waals surface area contributed by atoms with E-state index in [1.165, 1.54) is 0 Å². The Labute approximate surface area is 199 Å². The van der Waals surface area contributed by atoms with E-state index in [-0.39, 0.29) is 6.04 Å². The van der Waals surface area contributed by atoms with Gasteiger partial charge in [-0.15, -0.1) is 0 Å². The van der Waals surface area contributed by atoms with E-state index in [9.17, 15) is 0 Å². The fourth-order valence-corrected chi connectivity index (χ4v) is 4.43. The Kier molecular flexibility index (Phi) is 6.63. The quantitative estimate of drug-likeness (QED) is 0.424. The smallest absolute Gasteiger partial charge is 0.258 e. The molecule has 1 N–H and O–H groups in total. The Balaban J connectivity index is 1.80. The average Bonchev–Trinajstić information content (AvgIpc) is 3.22. The third-order valence-corrected chi connectivity index (χ3v) is 6.21. The molecule has 2 heterocycles. The molecule has 166 valence electrons. The van der Waals surface area contributed by atoms with E-state index in [2.05, 4.69) is 36.1 Å². The number of benzene rings is 2. The van der Waals surface area contributed by atoms with Crippen molar-refractivity contribution in [3.63, 3.8) is 0 Å². The number of aromatic nitrogens is 2. The fourth-order valence-electron chi connectivity index (χ4n) is 3.89. The second-order valence-corrected chi connectivity index (χ2v) is 9.39. The van der Waals surface area contributed by atoms with Crippen LogP contribution in [-0.2, 0) is 0 Å². The molecule has 1 atom stereocenters. The Morgan fingerprint density at radius 2 is 1.94 bits per heavy atom. The lowest BCUT2D eigenvalue weighted by atomic mass is 9.94. The van der Waals surface area contributed by atoms with Gasteiger partial charge >= 0.3 is 0 Å². The highest BCUT2D eigenvalue weighted by Gasteiger charge is 2.34. The SMILES string of the molecule is CC1=C(c2nc(-c3cccc(C)c3)no2)C(c2cccc(Cl)c2)NC(=S)N1CCC(C)C. The molecule has 0 amide bonds. The molecule has 0 aliphatic carbocycles. The predicted octanol–water partition coefficient (Wildman–Crippen LogP) is 6.41. The highest BCUT2D eigenvalue weighted by Crippen LogP contribution is 2.38. The molecule has 0 bridgehead atoms. The van der Waals surface area contributed by atoms with Crippen LogP contribution in [0.3, 0.4) is 0 Å². The van der Waals surface area contributed by atoms with Gasteiger partial charge in [0.05, 0.1) is 11.6 Å². The van der Waals surface area contributed by atoms with E-state index in [0.29, 0.717) is 27.8 Å². The summed E-state index contributed by atoms with van der Waals surface area (Å²) in [6.45, 7) is 9.35. The van der Waals surface area contributed by atoms with Gasteiger partial charge in [0.15, 0.2) is 5.11 Å². The number of nitrogens with zero attached hydrogens (tertiary/aromatic N) is 3. The lowest BCUT2D eigenvalue weighted by molar-refractivity contribution is 0.390. The summed E-state index contributed by atoms with van der Waals surface area (Å²) in [5.74, 6) is 1.61. The van der Waals surface area contributed by atoms with Crippen LogP contribution in [0.5, 0.6) is 0 Å². The van der Waals surface area contributed by atoms with E-state index in [0.717, 1.165) is 40.9 Å². The molecule has 1 unspecified atom stereocenters. The normalized spacial score (nSPS) is 16.6. The van der Waals surface area contributed by atoms with Crippen LogP contribution in [0.25, 0.3) is 17.0 Å². The molecule has 1 aliphatic rings. The number of aryl methyl sites for hydroxylation is 1. The summed E-state index contributed by atoms with van der Waals surface area (Å²) in [5, 5.41) is 9.12. The molecule has 0 radical (unpaired) electrons. The second kappa shape index (κ2) is 9.43. The molecule has 0 fully saturated rings. The first-order chi connectivity index (χ1) is 15.3. The zero-order valence-corrected chi connectivity index (χ0v) is 20.3. The van der Waals surface area contributed by atoms with Crippen molar-refractivity contribution < 1.29 is 4.52 Å². The maximum absolute atomic E-state index is 6.30. The molecule has 3 aromatic rings. The molecule has 2 aromatic carbocycles. The lowest BCUT2D eigenvalue weighted by Gasteiger charge is -2.37. The number of thiocarbonyl (C=S) groups is 1. The minimum atomic E-state index is -0.234. The molecule has 4 rings (SSSR count). The van der Waals surface area contributed by atoms with Gasteiger partial charge in [0.2, 0.25) is 5.82 Å². The third kappa shape index (κ3) is 4.71. The van der Waals surface area contributed by atoms with Gasteiger partial charge in [-0.25, -0.2) is 0 Å². The first-order valence-electron chi connectivity index (χ1n) is 10.8. The topological polar surface area (TPSA) is 54.2 Å². The van der Waals surface area contributed by atoms with Crippen LogP contribution in [0.15, 0.2) is 58.8 Å². The fraction of sp³-hybridized carbons (Fsp3) is 0.320. The van der Waals surface area contributed by atoms with E-state index in [1.807, 2.05) is 55.5 Å². The Morgan fingerprint density at radius 1 is 1.16 bits per heavy atom. The maximum atomic E-state index is 6.30. The first-order valence-corrected chi connectivity index (χ1v) is 11.6. The molecule has 7 heteroatoms. The molecule has 1 aromatic heterocycles. The number of allylic oxidation sites excluding steroid dienone is 1. The second-order valence-electron chi connectivity index (χ2n) is 8.56. The van der Waals surface area contributed by atoms with Crippen molar-refractivity contribution in [2.24, 2.45) is 5.92 Å². The van der Waals surface area contributed by atoms with Gasteiger partial charge in [-0.05, 0) is 62.2 Å². The van der Waals surface area contributed by atoms with Crippen LogP contribution in [-0.4, -0.2) is 26.7 Å². The van der Waals surface area contributed by atoms with Crippen molar-refractivity contribution in [2.45, 2.75) is 40.2 Å². The number of rotatable bonds is 6. The standard InChI is InChI=1S/C25H27ClN4OS/c1-15(2)11-12-30-17(4)21(22(27-25(30)32)18-8-6-10-20(26)14-18)24-28-23(29-31-24)19-9-5-7-16(3)13-19/h5-10,13-15,22H,11-12H2,1-4H3,(H,27,32). The Bertz CT molecular complexity index is 1170. The van der Waals surface area contributed by atoms with Crippen molar-refractivity contribution in [3.05, 3.63) is 76.3 Å². The van der Waals surface area contributed by atoms with Crippen LogP contribution < -0.4 is 5.32 Å². The summed E-state index contributed by atoms with van der Waals surface area (Å²) in [5.41, 5.74) is 4.99. The highest BCUT2D eigenvalue weighted by molar-refractivity contribution is 7.80. The minimum absolute atomic E-state index is 0.234. The van der Waals surface area contributed by atoms with Gasteiger partial charge in [0, 0.05) is 22.8 Å². The van der Waals surface area contributed by atoms with Crippen molar-refractivity contribution in [1.82, 2.24) is 20.4 Å².